The number of rotatable bonds is 0. The van der Waals surface area contributed by atoms with Crippen LogP contribution in [-0.4, -0.2) is 9.59 Å². The van der Waals surface area contributed by atoms with Gasteiger partial charge < -0.3 is 0 Å². The second-order valence-corrected chi connectivity index (χ2v) is 3.72. The summed E-state index contributed by atoms with van der Waals surface area (Å²) in [7, 11) is 0. The molecule has 0 fully saturated rings. The van der Waals surface area contributed by atoms with Crippen molar-refractivity contribution in [3.8, 4) is 0 Å². The smallest absolute Gasteiger partial charge is 0.0873 e. The predicted molar refractivity (Wildman–Crippen MR) is 38.6 cm³/mol. The standard InChI is InChI=1S/C6H10N2S/c1-6(2,3)5-4-7-8-9-5/h4H,1-3H3/i4D. The van der Waals surface area contributed by atoms with Crippen molar-refractivity contribution in [2.75, 3.05) is 0 Å². The highest BCUT2D eigenvalue weighted by molar-refractivity contribution is 7.05. The lowest BCUT2D eigenvalue weighted by Gasteiger charge is -2.12. The third-order valence-corrected chi connectivity index (χ3v) is 2.06. The van der Waals surface area contributed by atoms with E-state index >= 15 is 0 Å². The molecule has 0 atom stereocenters. The average Bonchev–Trinajstić information content (AvgIpc) is 2.11. The molecular weight excluding hydrogens is 132 g/mol. The van der Waals surface area contributed by atoms with Crippen LogP contribution in [0.5, 0.6) is 0 Å². The summed E-state index contributed by atoms with van der Waals surface area (Å²) < 4.78 is 11.0. The summed E-state index contributed by atoms with van der Waals surface area (Å²) in [6, 6.07) is 0. The largest absolute Gasteiger partial charge is 0.146 e. The molecule has 0 aromatic carbocycles. The Labute approximate surface area is 60.5 Å². The van der Waals surface area contributed by atoms with Crippen LogP contribution in [0.15, 0.2) is 6.17 Å². The second kappa shape index (κ2) is 2.06. The van der Waals surface area contributed by atoms with E-state index in [0.29, 0.717) is 6.17 Å². The van der Waals surface area contributed by atoms with Crippen LogP contribution in [0.4, 0.5) is 0 Å². The molecule has 0 aliphatic rings. The van der Waals surface area contributed by atoms with Crippen LogP contribution in [-0.2, 0) is 5.41 Å². The number of hydrogen-bond donors (Lipinski definition) is 0. The van der Waals surface area contributed by atoms with Crippen LogP contribution in [0.3, 0.4) is 0 Å². The molecule has 50 valence electrons. The lowest BCUT2D eigenvalue weighted by Crippen LogP contribution is -2.07. The van der Waals surface area contributed by atoms with Gasteiger partial charge in [-0.05, 0) is 16.9 Å². The predicted octanol–water partition coefficient (Wildman–Crippen LogP) is 1.84. The molecule has 0 radical (unpaired) electrons. The van der Waals surface area contributed by atoms with Gasteiger partial charge in [0.2, 0.25) is 0 Å². The van der Waals surface area contributed by atoms with Crippen molar-refractivity contribution in [3.05, 3.63) is 11.1 Å². The molecule has 0 N–H and O–H groups in total. The molecule has 0 saturated heterocycles. The Kier molecular flexibility index (Phi) is 1.23. The molecule has 1 rings (SSSR count). The van der Waals surface area contributed by atoms with Crippen molar-refractivity contribution >= 4 is 11.5 Å². The summed E-state index contributed by atoms with van der Waals surface area (Å²) in [5, 5.41) is 3.62. The summed E-state index contributed by atoms with van der Waals surface area (Å²) >= 11 is 1.31. The lowest BCUT2D eigenvalue weighted by molar-refractivity contribution is 0.602. The Bertz CT molecular complexity index is 226. The molecule has 0 unspecified atom stereocenters. The summed E-state index contributed by atoms with van der Waals surface area (Å²) in [4.78, 5) is 0.951. The van der Waals surface area contributed by atoms with E-state index < -0.39 is 0 Å². The second-order valence-electron chi connectivity index (χ2n) is 2.96. The van der Waals surface area contributed by atoms with Gasteiger partial charge in [0.05, 0.1) is 12.4 Å². The number of aromatic nitrogens is 2. The first-order chi connectivity index (χ1) is 4.52. The minimum absolute atomic E-state index is 0.0191. The van der Waals surface area contributed by atoms with Gasteiger partial charge in [-0.15, -0.1) is 5.10 Å². The van der Waals surface area contributed by atoms with Gasteiger partial charge in [0, 0.05) is 0 Å². The van der Waals surface area contributed by atoms with Crippen LogP contribution in [0, 0.1) is 0 Å². The Hall–Kier alpha value is -0.440. The Balaban J connectivity index is 3.05. The van der Waals surface area contributed by atoms with Crippen molar-refractivity contribution in [2.45, 2.75) is 26.2 Å². The zero-order valence-corrected chi connectivity index (χ0v) is 6.62. The molecule has 1 aromatic heterocycles. The third-order valence-electron chi connectivity index (χ3n) is 1.01. The molecular formula is C6H10N2S. The van der Waals surface area contributed by atoms with Crippen LogP contribution in [0.1, 0.15) is 27.0 Å². The fourth-order valence-corrected chi connectivity index (χ4v) is 0.971. The fraction of sp³-hybridized carbons (Fsp3) is 0.667. The number of hydrogen-bond acceptors (Lipinski definition) is 3. The molecule has 2 nitrogen and oxygen atoms in total. The van der Waals surface area contributed by atoms with Gasteiger partial charge in [0.15, 0.2) is 0 Å². The van der Waals surface area contributed by atoms with Crippen molar-refractivity contribution < 1.29 is 1.37 Å². The van der Waals surface area contributed by atoms with Gasteiger partial charge in [-0.2, -0.15) is 0 Å². The Morgan fingerprint density at radius 2 is 2.33 bits per heavy atom. The topological polar surface area (TPSA) is 25.8 Å². The fourth-order valence-electron chi connectivity index (χ4n) is 0.452. The summed E-state index contributed by atoms with van der Waals surface area (Å²) in [6.45, 7) is 6.17. The minimum atomic E-state index is 0.0191. The molecule has 0 bridgehead atoms. The summed E-state index contributed by atoms with van der Waals surface area (Å²) in [6.07, 6.45) is 0.317. The monoisotopic (exact) mass is 143 g/mol. The van der Waals surface area contributed by atoms with Crippen molar-refractivity contribution in [1.82, 2.24) is 9.59 Å². The quantitative estimate of drug-likeness (QED) is 0.553. The van der Waals surface area contributed by atoms with E-state index in [9.17, 15) is 0 Å². The molecule has 0 aliphatic carbocycles. The maximum absolute atomic E-state index is 7.34. The van der Waals surface area contributed by atoms with E-state index in [2.05, 4.69) is 30.4 Å². The van der Waals surface area contributed by atoms with Crippen LogP contribution >= 0.6 is 11.5 Å². The zero-order chi connectivity index (χ0) is 7.78. The first kappa shape index (κ1) is 5.35. The van der Waals surface area contributed by atoms with E-state index in [-0.39, 0.29) is 5.41 Å². The summed E-state index contributed by atoms with van der Waals surface area (Å²) in [5.41, 5.74) is 0.0191. The van der Waals surface area contributed by atoms with E-state index in [1.807, 2.05) is 0 Å². The molecule has 3 heteroatoms. The van der Waals surface area contributed by atoms with E-state index in [4.69, 9.17) is 1.37 Å². The first-order valence-corrected chi connectivity index (χ1v) is 3.58. The Morgan fingerprint density at radius 1 is 1.67 bits per heavy atom. The van der Waals surface area contributed by atoms with E-state index in [1.165, 1.54) is 11.5 Å². The molecule has 0 aliphatic heterocycles. The minimum Gasteiger partial charge on any atom is -0.146 e. The van der Waals surface area contributed by atoms with E-state index in [1.54, 1.807) is 0 Å². The molecule has 0 amide bonds. The van der Waals surface area contributed by atoms with Crippen LogP contribution in [0.2, 0.25) is 0 Å². The lowest BCUT2D eigenvalue weighted by atomic mass is 9.96. The molecule has 9 heavy (non-hydrogen) atoms. The molecule has 0 spiro atoms. The normalized spacial score (nSPS) is 13.4. The highest BCUT2D eigenvalue weighted by atomic mass is 32.1. The maximum Gasteiger partial charge on any atom is 0.0873 e. The van der Waals surface area contributed by atoms with Gasteiger partial charge in [-0.25, -0.2) is 0 Å². The van der Waals surface area contributed by atoms with Crippen molar-refractivity contribution in [1.29, 1.82) is 0 Å². The zero-order valence-electron chi connectivity index (χ0n) is 6.80. The van der Waals surface area contributed by atoms with Gasteiger partial charge in [0.25, 0.3) is 0 Å². The van der Waals surface area contributed by atoms with Crippen molar-refractivity contribution in [2.24, 2.45) is 0 Å². The first-order valence-electron chi connectivity index (χ1n) is 3.31. The Morgan fingerprint density at radius 3 is 2.56 bits per heavy atom. The maximum atomic E-state index is 7.34. The SMILES string of the molecule is [2H]c1nnsc1C(C)(C)C. The van der Waals surface area contributed by atoms with Gasteiger partial charge in [-0.1, -0.05) is 25.3 Å². The van der Waals surface area contributed by atoms with Crippen LogP contribution in [0.25, 0.3) is 0 Å². The molecule has 1 heterocycles. The van der Waals surface area contributed by atoms with E-state index in [0.717, 1.165) is 4.88 Å². The van der Waals surface area contributed by atoms with Gasteiger partial charge in [-0.3, -0.25) is 0 Å². The van der Waals surface area contributed by atoms with Crippen LogP contribution < -0.4 is 0 Å². The molecule has 1 aromatic rings. The molecule has 0 saturated carbocycles. The summed E-state index contributed by atoms with van der Waals surface area (Å²) in [5.74, 6) is 0. The average molecular weight is 143 g/mol. The van der Waals surface area contributed by atoms with Gasteiger partial charge >= 0.3 is 0 Å². The highest BCUT2D eigenvalue weighted by Crippen LogP contribution is 2.23. The highest BCUT2D eigenvalue weighted by Gasteiger charge is 2.15. The number of nitrogens with zero attached hydrogens (tertiary/aromatic N) is 2. The van der Waals surface area contributed by atoms with Gasteiger partial charge in [0.1, 0.15) is 0 Å². The van der Waals surface area contributed by atoms with Crippen molar-refractivity contribution in [3.63, 3.8) is 0 Å². The third kappa shape index (κ3) is 1.48.